The van der Waals surface area contributed by atoms with Gasteiger partial charge >= 0.3 is 0 Å². The largest absolute Gasteiger partial charge is 0.350 e. The zero-order valence-corrected chi connectivity index (χ0v) is 11.3. The van der Waals surface area contributed by atoms with Gasteiger partial charge in [0, 0.05) is 11.0 Å². The Hall–Kier alpha value is -0.570. The summed E-state index contributed by atoms with van der Waals surface area (Å²) in [7, 11) is 0. The maximum Gasteiger partial charge on any atom is 0.226 e. The van der Waals surface area contributed by atoms with E-state index in [-0.39, 0.29) is 16.9 Å². The highest BCUT2D eigenvalue weighted by atomic mass is 16.2. The molecule has 0 bridgehead atoms. The topological polar surface area (TPSA) is 41.1 Å². The molecule has 1 amide bonds. The first-order valence-electron chi connectivity index (χ1n) is 7.08. The Morgan fingerprint density at radius 2 is 1.59 bits per heavy atom. The van der Waals surface area contributed by atoms with Crippen LogP contribution in [0.25, 0.3) is 0 Å². The van der Waals surface area contributed by atoms with Crippen molar-refractivity contribution in [1.82, 2.24) is 10.6 Å². The van der Waals surface area contributed by atoms with Gasteiger partial charge in [0.25, 0.3) is 0 Å². The average molecular weight is 238 g/mol. The van der Waals surface area contributed by atoms with Crippen LogP contribution >= 0.6 is 0 Å². The van der Waals surface area contributed by atoms with Gasteiger partial charge in [0.2, 0.25) is 5.91 Å². The number of hydrogen-bond donors (Lipinski definition) is 2. The van der Waals surface area contributed by atoms with Crippen LogP contribution in [0.4, 0.5) is 0 Å². The zero-order chi connectivity index (χ0) is 12.4. The second-order valence-corrected chi connectivity index (χ2v) is 6.39. The molecule has 0 aromatic rings. The lowest BCUT2D eigenvalue weighted by molar-refractivity contribution is -0.133. The molecule has 0 spiro atoms. The highest BCUT2D eigenvalue weighted by Gasteiger charge is 2.38. The van der Waals surface area contributed by atoms with E-state index < -0.39 is 0 Å². The molecular weight excluding hydrogens is 212 g/mol. The van der Waals surface area contributed by atoms with Gasteiger partial charge in [-0.2, -0.15) is 0 Å². The third kappa shape index (κ3) is 3.01. The van der Waals surface area contributed by atoms with E-state index in [0.29, 0.717) is 0 Å². The molecule has 1 aliphatic heterocycles. The van der Waals surface area contributed by atoms with E-state index in [4.69, 9.17) is 0 Å². The van der Waals surface area contributed by atoms with E-state index in [1.165, 1.54) is 19.3 Å². The number of amides is 1. The van der Waals surface area contributed by atoms with E-state index in [1.807, 2.05) is 0 Å². The van der Waals surface area contributed by atoms with E-state index >= 15 is 0 Å². The Morgan fingerprint density at radius 1 is 1.00 bits per heavy atom. The Labute approximate surface area is 105 Å². The Balaban J connectivity index is 1.95. The van der Waals surface area contributed by atoms with Crippen molar-refractivity contribution in [2.24, 2.45) is 5.41 Å². The lowest BCUT2D eigenvalue weighted by Gasteiger charge is -2.40. The van der Waals surface area contributed by atoms with Gasteiger partial charge in [0.1, 0.15) is 0 Å². The summed E-state index contributed by atoms with van der Waals surface area (Å²) in [5.41, 5.74) is -0.0884. The fraction of sp³-hybridized carbons (Fsp3) is 0.929. The quantitative estimate of drug-likeness (QED) is 0.774. The summed E-state index contributed by atoms with van der Waals surface area (Å²) in [6.07, 6.45) is 8.07. The van der Waals surface area contributed by atoms with E-state index in [1.54, 1.807) is 0 Å². The first-order chi connectivity index (χ1) is 8.04. The van der Waals surface area contributed by atoms with Gasteiger partial charge in [-0.3, -0.25) is 4.79 Å². The summed E-state index contributed by atoms with van der Waals surface area (Å²) in [6.45, 7) is 6.28. The first-order valence-corrected chi connectivity index (χ1v) is 7.08. The molecular formula is C14H26N2O. The number of carbonyl (C=O) groups is 1. The summed E-state index contributed by atoms with van der Waals surface area (Å²) in [6, 6.07) is 0. The van der Waals surface area contributed by atoms with E-state index in [0.717, 1.165) is 38.8 Å². The molecule has 0 atom stereocenters. The van der Waals surface area contributed by atoms with Crippen LogP contribution in [0, 0.1) is 5.41 Å². The maximum atomic E-state index is 12.5. The molecule has 0 radical (unpaired) electrons. The lowest BCUT2D eigenvalue weighted by Crippen LogP contribution is -2.54. The minimum Gasteiger partial charge on any atom is -0.350 e. The van der Waals surface area contributed by atoms with Gasteiger partial charge in [-0.15, -0.1) is 0 Å². The predicted octanol–water partition coefficient (Wildman–Crippen LogP) is 2.22. The van der Waals surface area contributed by atoms with Crippen molar-refractivity contribution >= 4 is 5.91 Å². The third-order valence-corrected chi connectivity index (χ3v) is 4.63. The van der Waals surface area contributed by atoms with Gasteiger partial charge in [-0.25, -0.2) is 0 Å². The third-order valence-electron chi connectivity index (χ3n) is 4.63. The number of nitrogens with one attached hydrogen (secondary N) is 2. The van der Waals surface area contributed by atoms with Gasteiger partial charge in [0.05, 0.1) is 0 Å². The number of rotatable bonds is 2. The average Bonchev–Trinajstić information content (AvgIpc) is 2.30. The predicted molar refractivity (Wildman–Crippen MR) is 69.8 cm³/mol. The molecule has 1 saturated heterocycles. The van der Waals surface area contributed by atoms with Crippen LogP contribution in [-0.2, 0) is 4.79 Å². The molecule has 1 heterocycles. The van der Waals surface area contributed by atoms with Gasteiger partial charge in [0.15, 0.2) is 0 Å². The molecule has 0 aromatic heterocycles. The van der Waals surface area contributed by atoms with Crippen LogP contribution in [0.2, 0.25) is 0 Å². The molecule has 98 valence electrons. The van der Waals surface area contributed by atoms with Gasteiger partial charge in [-0.1, -0.05) is 26.2 Å². The van der Waals surface area contributed by atoms with E-state index in [2.05, 4.69) is 24.5 Å². The van der Waals surface area contributed by atoms with Crippen molar-refractivity contribution in [3.63, 3.8) is 0 Å². The molecule has 0 aromatic carbocycles. The Bertz CT molecular complexity index is 276. The Morgan fingerprint density at radius 3 is 2.18 bits per heavy atom. The summed E-state index contributed by atoms with van der Waals surface area (Å²) in [5, 5.41) is 6.67. The minimum absolute atomic E-state index is 0.0587. The highest BCUT2D eigenvalue weighted by molar-refractivity contribution is 5.83. The van der Waals surface area contributed by atoms with Gasteiger partial charge < -0.3 is 10.6 Å². The summed E-state index contributed by atoms with van der Waals surface area (Å²) in [5.74, 6) is 0.281. The van der Waals surface area contributed by atoms with Crippen molar-refractivity contribution in [3.05, 3.63) is 0 Å². The molecule has 2 aliphatic rings. The monoisotopic (exact) mass is 238 g/mol. The summed E-state index contributed by atoms with van der Waals surface area (Å²) < 4.78 is 0. The SMILES string of the molecule is CC1(NC(=O)C2(C)CCNCC2)CCCCC1. The highest BCUT2D eigenvalue weighted by Crippen LogP contribution is 2.32. The molecule has 3 nitrogen and oxygen atoms in total. The van der Waals surface area contributed by atoms with Crippen molar-refractivity contribution in [2.45, 2.75) is 64.3 Å². The molecule has 1 saturated carbocycles. The number of hydrogen-bond acceptors (Lipinski definition) is 2. The van der Waals surface area contributed by atoms with Crippen molar-refractivity contribution in [2.75, 3.05) is 13.1 Å². The van der Waals surface area contributed by atoms with Gasteiger partial charge in [-0.05, 0) is 45.7 Å². The molecule has 0 unspecified atom stereocenters. The molecule has 2 N–H and O–H groups in total. The first kappa shape index (κ1) is 12.9. The van der Waals surface area contributed by atoms with Crippen molar-refractivity contribution in [1.29, 1.82) is 0 Å². The fourth-order valence-corrected chi connectivity index (χ4v) is 3.09. The standard InChI is InChI=1S/C14H26N2O/c1-13(8-10-15-11-9-13)12(17)16-14(2)6-4-3-5-7-14/h15H,3-11H2,1-2H3,(H,16,17). The van der Waals surface area contributed by atoms with Crippen LogP contribution in [0.1, 0.15) is 58.8 Å². The number of carbonyl (C=O) groups excluding carboxylic acids is 1. The zero-order valence-electron chi connectivity index (χ0n) is 11.3. The lowest BCUT2D eigenvalue weighted by atomic mass is 9.77. The number of piperidine rings is 1. The molecule has 17 heavy (non-hydrogen) atoms. The smallest absolute Gasteiger partial charge is 0.226 e. The minimum atomic E-state index is -0.147. The van der Waals surface area contributed by atoms with Crippen LogP contribution in [-0.4, -0.2) is 24.5 Å². The fourth-order valence-electron chi connectivity index (χ4n) is 3.09. The van der Waals surface area contributed by atoms with Crippen molar-refractivity contribution in [3.8, 4) is 0 Å². The van der Waals surface area contributed by atoms with Crippen LogP contribution in [0.5, 0.6) is 0 Å². The van der Waals surface area contributed by atoms with Crippen LogP contribution in [0.15, 0.2) is 0 Å². The molecule has 2 rings (SSSR count). The Kier molecular flexibility index (Phi) is 3.76. The molecule has 1 aliphatic carbocycles. The normalized spacial score (nSPS) is 27.4. The second-order valence-electron chi connectivity index (χ2n) is 6.39. The molecule has 3 heteroatoms. The van der Waals surface area contributed by atoms with Crippen LogP contribution in [0.3, 0.4) is 0 Å². The van der Waals surface area contributed by atoms with Crippen molar-refractivity contribution < 1.29 is 4.79 Å². The summed E-state index contributed by atoms with van der Waals surface area (Å²) in [4.78, 5) is 12.5. The molecule has 2 fully saturated rings. The van der Waals surface area contributed by atoms with E-state index in [9.17, 15) is 4.79 Å². The summed E-state index contributed by atoms with van der Waals surface area (Å²) >= 11 is 0. The maximum absolute atomic E-state index is 12.5. The van der Waals surface area contributed by atoms with Crippen LogP contribution < -0.4 is 10.6 Å². The second kappa shape index (κ2) is 4.97.